The summed E-state index contributed by atoms with van der Waals surface area (Å²) in [6, 6.07) is 6.61. The zero-order chi connectivity index (χ0) is 14.6. The molecule has 2 fully saturated rings. The highest BCUT2D eigenvalue weighted by Gasteiger charge is 2.54. The summed E-state index contributed by atoms with van der Waals surface area (Å²) in [5.41, 5.74) is 3.00. The lowest BCUT2D eigenvalue weighted by Crippen LogP contribution is -2.42. The van der Waals surface area contributed by atoms with E-state index in [1.165, 1.54) is 24.0 Å². The van der Waals surface area contributed by atoms with Gasteiger partial charge in [-0.25, -0.2) is 0 Å². The minimum atomic E-state index is -0.00879. The van der Waals surface area contributed by atoms with E-state index in [0.717, 1.165) is 37.4 Å². The lowest BCUT2D eigenvalue weighted by Gasteiger charge is -2.48. The van der Waals surface area contributed by atoms with Crippen LogP contribution in [-0.4, -0.2) is 12.9 Å². The van der Waals surface area contributed by atoms with E-state index in [2.05, 4.69) is 25.1 Å². The molecule has 2 heteroatoms. The number of carbonyl (C=O) groups excluding carboxylic acids is 1. The smallest absolute Gasteiger partial charge is 0.139 e. The predicted molar refractivity (Wildman–Crippen MR) is 82.6 cm³/mol. The van der Waals surface area contributed by atoms with Crippen molar-refractivity contribution in [2.75, 3.05) is 7.11 Å². The van der Waals surface area contributed by atoms with Gasteiger partial charge in [-0.1, -0.05) is 13.0 Å². The van der Waals surface area contributed by atoms with Crippen molar-refractivity contribution in [3.05, 3.63) is 29.3 Å². The zero-order valence-corrected chi connectivity index (χ0v) is 13.0. The Morgan fingerprint density at radius 1 is 1.19 bits per heavy atom. The molecule has 3 aliphatic carbocycles. The van der Waals surface area contributed by atoms with Crippen LogP contribution >= 0.6 is 0 Å². The first-order chi connectivity index (χ1) is 10.1. The van der Waals surface area contributed by atoms with Crippen molar-refractivity contribution in [3.63, 3.8) is 0 Å². The van der Waals surface area contributed by atoms with Crippen LogP contribution in [0, 0.1) is 17.3 Å². The van der Waals surface area contributed by atoms with Gasteiger partial charge in [-0.3, -0.25) is 4.79 Å². The lowest BCUT2D eigenvalue weighted by atomic mass is 9.55. The fourth-order valence-electron chi connectivity index (χ4n) is 5.46. The van der Waals surface area contributed by atoms with E-state index in [-0.39, 0.29) is 5.41 Å². The first-order valence-electron chi connectivity index (χ1n) is 8.33. The van der Waals surface area contributed by atoms with Crippen LogP contribution in [0.15, 0.2) is 18.2 Å². The maximum atomic E-state index is 12.3. The van der Waals surface area contributed by atoms with E-state index in [4.69, 9.17) is 4.74 Å². The molecule has 0 unspecified atom stereocenters. The molecule has 112 valence electrons. The summed E-state index contributed by atoms with van der Waals surface area (Å²) in [6.45, 7) is 2.24. The number of Topliss-reactive ketones (excluding diaryl/α,β-unsaturated/α-hetero) is 1. The maximum absolute atomic E-state index is 12.3. The number of benzene rings is 1. The van der Waals surface area contributed by atoms with E-state index < -0.39 is 0 Å². The molecule has 0 N–H and O–H groups in total. The summed E-state index contributed by atoms with van der Waals surface area (Å²) < 4.78 is 5.37. The van der Waals surface area contributed by atoms with E-state index in [0.29, 0.717) is 17.6 Å². The molecule has 1 aromatic rings. The van der Waals surface area contributed by atoms with Gasteiger partial charge in [0.25, 0.3) is 0 Å². The van der Waals surface area contributed by atoms with E-state index >= 15 is 0 Å². The average molecular weight is 284 g/mol. The Labute approximate surface area is 126 Å². The van der Waals surface area contributed by atoms with Gasteiger partial charge in [-0.2, -0.15) is 0 Å². The van der Waals surface area contributed by atoms with Crippen LogP contribution < -0.4 is 4.74 Å². The molecule has 0 radical (unpaired) electrons. The van der Waals surface area contributed by atoms with Crippen LogP contribution in [0.5, 0.6) is 5.75 Å². The second-order valence-corrected chi connectivity index (χ2v) is 7.40. The molecule has 2 saturated carbocycles. The summed E-state index contributed by atoms with van der Waals surface area (Å²) in [4.78, 5) is 12.3. The molecule has 0 aromatic heterocycles. The Balaban J connectivity index is 1.70. The van der Waals surface area contributed by atoms with Crippen LogP contribution in [0.2, 0.25) is 0 Å². The molecule has 0 heterocycles. The summed E-state index contributed by atoms with van der Waals surface area (Å²) in [5, 5.41) is 0. The SMILES string of the molecule is COc1ccc2c(c1)CC[C@@H]1[C@H]3CCC(=O)[C@]3(C)CC[C@@H]21. The van der Waals surface area contributed by atoms with Gasteiger partial charge in [0.05, 0.1) is 7.11 Å². The second kappa shape index (κ2) is 4.59. The van der Waals surface area contributed by atoms with E-state index in [9.17, 15) is 4.79 Å². The van der Waals surface area contributed by atoms with Gasteiger partial charge in [0.15, 0.2) is 0 Å². The summed E-state index contributed by atoms with van der Waals surface area (Å²) in [6.07, 6.45) is 6.61. The fraction of sp³-hybridized carbons (Fsp3) is 0.632. The van der Waals surface area contributed by atoms with Crippen molar-refractivity contribution in [2.24, 2.45) is 17.3 Å². The van der Waals surface area contributed by atoms with Gasteiger partial charge in [-0.15, -0.1) is 0 Å². The first-order valence-corrected chi connectivity index (χ1v) is 8.33. The highest BCUT2D eigenvalue weighted by atomic mass is 16.5. The van der Waals surface area contributed by atoms with Crippen LogP contribution in [-0.2, 0) is 11.2 Å². The number of aryl methyl sites for hydroxylation is 1. The molecule has 0 bridgehead atoms. The number of ketones is 1. The molecule has 4 atom stereocenters. The molecule has 0 saturated heterocycles. The van der Waals surface area contributed by atoms with E-state index in [1.807, 2.05) is 0 Å². The van der Waals surface area contributed by atoms with Gasteiger partial charge < -0.3 is 4.74 Å². The third-order valence-electron chi connectivity index (χ3n) is 6.64. The Hall–Kier alpha value is -1.31. The van der Waals surface area contributed by atoms with Crippen molar-refractivity contribution in [1.82, 2.24) is 0 Å². The van der Waals surface area contributed by atoms with Crippen LogP contribution in [0.4, 0.5) is 0 Å². The Bertz CT molecular complexity index is 591. The van der Waals surface area contributed by atoms with Gasteiger partial charge in [0.2, 0.25) is 0 Å². The summed E-state index contributed by atoms with van der Waals surface area (Å²) >= 11 is 0. The first kappa shape index (κ1) is 13.4. The van der Waals surface area contributed by atoms with Crippen molar-refractivity contribution in [1.29, 1.82) is 0 Å². The number of methoxy groups -OCH3 is 1. The third kappa shape index (κ3) is 1.81. The van der Waals surface area contributed by atoms with Gasteiger partial charge in [0.1, 0.15) is 11.5 Å². The molecule has 3 aliphatic rings. The molecule has 0 spiro atoms. The number of hydrogen-bond donors (Lipinski definition) is 0. The second-order valence-electron chi connectivity index (χ2n) is 7.40. The minimum Gasteiger partial charge on any atom is -0.497 e. The monoisotopic (exact) mass is 284 g/mol. The van der Waals surface area contributed by atoms with Crippen LogP contribution in [0.3, 0.4) is 0 Å². The highest BCUT2D eigenvalue weighted by Crippen LogP contribution is 2.59. The topological polar surface area (TPSA) is 26.3 Å². The summed E-state index contributed by atoms with van der Waals surface area (Å²) in [7, 11) is 1.74. The van der Waals surface area contributed by atoms with Crippen molar-refractivity contribution in [2.45, 2.75) is 51.4 Å². The largest absolute Gasteiger partial charge is 0.497 e. The maximum Gasteiger partial charge on any atom is 0.139 e. The van der Waals surface area contributed by atoms with Crippen molar-refractivity contribution in [3.8, 4) is 5.75 Å². The Kier molecular flexibility index (Phi) is 2.92. The van der Waals surface area contributed by atoms with Gasteiger partial charge in [0, 0.05) is 11.8 Å². The van der Waals surface area contributed by atoms with Crippen LogP contribution in [0.25, 0.3) is 0 Å². The molecular formula is C19H24O2. The van der Waals surface area contributed by atoms with Crippen molar-refractivity contribution >= 4 is 5.78 Å². The zero-order valence-electron chi connectivity index (χ0n) is 13.0. The van der Waals surface area contributed by atoms with Gasteiger partial charge in [-0.05, 0) is 73.1 Å². The average Bonchev–Trinajstić information content (AvgIpc) is 2.82. The van der Waals surface area contributed by atoms with E-state index in [1.54, 1.807) is 7.11 Å². The molecule has 0 aliphatic heterocycles. The summed E-state index contributed by atoms with van der Waals surface area (Å²) in [5.74, 6) is 3.52. The highest BCUT2D eigenvalue weighted by molar-refractivity contribution is 5.87. The molecular weight excluding hydrogens is 260 g/mol. The molecule has 21 heavy (non-hydrogen) atoms. The predicted octanol–water partition coefficient (Wildman–Crippen LogP) is 4.12. The lowest BCUT2D eigenvalue weighted by molar-refractivity contribution is -0.129. The van der Waals surface area contributed by atoms with Crippen molar-refractivity contribution < 1.29 is 9.53 Å². The number of rotatable bonds is 1. The number of hydrogen-bond acceptors (Lipinski definition) is 2. The number of ether oxygens (including phenoxy) is 1. The molecule has 0 amide bonds. The molecule has 1 aromatic carbocycles. The molecule has 2 nitrogen and oxygen atoms in total. The normalized spacial score (nSPS) is 37.6. The fourth-order valence-corrected chi connectivity index (χ4v) is 5.46. The minimum absolute atomic E-state index is 0.00879. The number of fused-ring (bicyclic) bond motifs is 5. The van der Waals surface area contributed by atoms with Crippen LogP contribution in [0.1, 0.15) is 56.1 Å². The standard InChI is InChI=1S/C19H24O2/c1-19-10-9-15-14-6-4-13(21-2)11-12(14)3-5-16(15)17(19)7-8-18(19)20/h4,6,11,15-17H,3,5,7-10H2,1-2H3/t15-,16-,17+,19+/m0/s1. The quantitative estimate of drug-likeness (QED) is 0.775. The molecule has 4 rings (SSSR count). The Morgan fingerprint density at radius 2 is 2.05 bits per heavy atom. The third-order valence-corrected chi connectivity index (χ3v) is 6.64. The Morgan fingerprint density at radius 3 is 2.86 bits per heavy atom. The number of carbonyl (C=O) groups is 1. The van der Waals surface area contributed by atoms with Gasteiger partial charge >= 0.3 is 0 Å².